The van der Waals surface area contributed by atoms with Crippen LogP contribution >= 0.6 is 34.5 Å². The molecule has 0 fully saturated rings. The van der Waals surface area contributed by atoms with E-state index in [4.69, 9.17) is 27.9 Å². The summed E-state index contributed by atoms with van der Waals surface area (Å²) >= 11 is 13.6. The molecule has 0 spiro atoms. The van der Waals surface area contributed by atoms with Crippen LogP contribution in [0.2, 0.25) is 10.0 Å². The molecule has 0 amide bonds. The fourth-order valence-electron chi connectivity index (χ4n) is 3.42. The zero-order chi connectivity index (χ0) is 21.4. The Kier molecular flexibility index (Phi) is 5.64. The van der Waals surface area contributed by atoms with Crippen molar-refractivity contribution in [1.82, 2.24) is 4.57 Å². The Labute approximate surface area is 186 Å². The van der Waals surface area contributed by atoms with Crippen LogP contribution in [0, 0.1) is 0 Å². The highest BCUT2D eigenvalue weighted by molar-refractivity contribution is 7.07. The molecular formula is C22H16Cl2N2O3S. The van der Waals surface area contributed by atoms with Gasteiger partial charge in [-0.25, -0.2) is 9.79 Å². The highest BCUT2D eigenvalue weighted by Gasteiger charge is 2.32. The molecule has 0 bridgehead atoms. The lowest BCUT2D eigenvalue weighted by Crippen LogP contribution is -2.39. The second-order valence-corrected chi connectivity index (χ2v) is 8.42. The van der Waals surface area contributed by atoms with Gasteiger partial charge in [0.25, 0.3) is 5.56 Å². The number of esters is 1. The second-order valence-electron chi connectivity index (χ2n) is 6.63. The third-order valence-electron chi connectivity index (χ3n) is 4.81. The van der Waals surface area contributed by atoms with E-state index in [-0.39, 0.29) is 5.56 Å². The summed E-state index contributed by atoms with van der Waals surface area (Å²) in [4.78, 5) is 31.0. The maximum atomic E-state index is 13.4. The Balaban J connectivity index is 2.00. The third kappa shape index (κ3) is 3.51. The van der Waals surface area contributed by atoms with E-state index < -0.39 is 12.0 Å². The maximum absolute atomic E-state index is 13.4. The number of hydrogen-bond donors (Lipinski definition) is 0. The molecule has 2 heterocycles. The molecule has 8 heteroatoms. The van der Waals surface area contributed by atoms with Crippen molar-refractivity contribution in [2.24, 2.45) is 4.99 Å². The number of aromatic nitrogens is 1. The summed E-state index contributed by atoms with van der Waals surface area (Å²) in [6.07, 6.45) is 1.69. The van der Waals surface area contributed by atoms with Gasteiger partial charge in [0.1, 0.15) is 0 Å². The van der Waals surface area contributed by atoms with Crippen LogP contribution in [0.3, 0.4) is 0 Å². The highest BCUT2D eigenvalue weighted by Crippen LogP contribution is 2.30. The van der Waals surface area contributed by atoms with Crippen LogP contribution < -0.4 is 14.9 Å². The van der Waals surface area contributed by atoms with Gasteiger partial charge in [-0.15, -0.1) is 0 Å². The lowest BCUT2D eigenvalue weighted by molar-refractivity contribution is -0.136. The van der Waals surface area contributed by atoms with Crippen molar-refractivity contribution in [3.63, 3.8) is 0 Å². The molecule has 3 aromatic rings. The molecule has 4 rings (SSSR count). The number of hydrogen-bond acceptors (Lipinski definition) is 5. The van der Waals surface area contributed by atoms with Gasteiger partial charge in [0.05, 0.1) is 39.0 Å². The Bertz CT molecular complexity index is 1360. The summed E-state index contributed by atoms with van der Waals surface area (Å²) < 4.78 is 6.96. The first kappa shape index (κ1) is 20.6. The van der Waals surface area contributed by atoms with E-state index >= 15 is 0 Å². The Morgan fingerprint density at radius 1 is 1.17 bits per heavy atom. The van der Waals surface area contributed by atoms with Gasteiger partial charge in [-0.2, -0.15) is 0 Å². The number of carbonyl (C=O) groups is 1. The van der Waals surface area contributed by atoms with Crippen LogP contribution in [0.25, 0.3) is 6.08 Å². The normalized spacial score (nSPS) is 16.3. The van der Waals surface area contributed by atoms with E-state index in [2.05, 4.69) is 4.99 Å². The number of rotatable bonds is 3. The quantitative estimate of drug-likeness (QED) is 0.561. The van der Waals surface area contributed by atoms with Crippen molar-refractivity contribution in [2.45, 2.75) is 13.0 Å². The number of fused-ring (bicyclic) bond motifs is 1. The molecule has 30 heavy (non-hydrogen) atoms. The third-order valence-corrected chi connectivity index (χ3v) is 6.63. The topological polar surface area (TPSA) is 60.7 Å². The first-order chi connectivity index (χ1) is 14.4. The van der Waals surface area contributed by atoms with Gasteiger partial charge in [0.15, 0.2) is 4.80 Å². The summed E-state index contributed by atoms with van der Waals surface area (Å²) in [7, 11) is 1.32. The minimum absolute atomic E-state index is 0.266. The van der Waals surface area contributed by atoms with E-state index in [1.54, 1.807) is 31.2 Å². The first-order valence-corrected chi connectivity index (χ1v) is 10.6. The summed E-state index contributed by atoms with van der Waals surface area (Å²) in [5.74, 6) is -0.516. The molecular weight excluding hydrogens is 443 g/mol. The molecule has 1 aliphatic rings. The van der Waals surface area contributed by atoms with Gasteiger partial charge < -0.3 is 4.74 Å². The number of ether oxygens (including phenoxy) is 1. The predicted molar refractivity (Wildman–Crippen MR) is 119 cm³/mol. The average Bonchev–Trinajstić information content (AvgIpc) is 3.05. The van der Waals surface area contributed by atoms with Gasteiger partial charge in [-0.3, -0.25) is 9.36 Å². The van der Waals surface area contributed by atoms with Gasteiger partial charge >= 0.3 is 5.97 Å². The molecule has 1 atom stereocenters. The number of thiazole rings is 1. The standard InChI is InChI=1S/C22H16Cl2N2O3S/c1-12-17(21(28)29-2)19(13-7-4-3-5-8-13)26-20(27)16(30-22(26)25-12)11-14-9-6-10-15(23)18(14)24/h3-11,19H,1-2H3. The minimum Gasteiger partial charge on any atom is -0.466 e. The van der Waals surface area contributed by atoms with Crippen LogP contribution in [0.15, 0.2) is 69.6 Å². The Morgan fingerprint density at radius 2 is 1.90 bits per heavy atom. The first-order valence-electron chi connectivity index (χ1n) is 9.02. The molecule has 1 aliphatic heterocycles. The van der Waals surface area contributed by atoms with E-state index in [1.165, 1.54) is 23.0 Å². The predicted octanol–water partition coefficient (Wildman–Crippen LogP) is 3.72. The minimum atomic E-state index is -0.633. The maximum Gasteiger partial charge on any atom is 0.338 e. The molecule has 1 unspecified atom stereocenters. The molecule has 0 N–H and O–H groups in total. The number of allylic oxidation sites excluding steroid dienone is 1. The number of nitrogens with zero attached hydrogens (tertiary/aromatic N) is 2. The lowest BCUT2D eigenvalue weighted by atomic mass is 9.96. The summed E-state index contributed by atoms with van der Waals surface area (Å²) in [5.41, 5.74) is 2.01. The zero-order valence-electron chi connectivity index (χ0n) is 16.1. The number of carbonyl (C=O) groups excluding carboxylic acids is 1. The number of halogens is 2. The van der Waals surface area contributed by atoms with Gasteiger partial charge in [0, 0.05) is 0 Å². The zero-order valence-corrected chi connectivity index (χ0v) is 18.4. The fourth-order valence-corrected chi connectivity index (χ4v) is 4.82. The summed E-state index contributed by atoms with van der Waals surface area (Å²) in [6.45, 7) is 1.74. The van der Waals surface area contributed by atoms with Crippen molar-refractivity contribution in [1.29, 1.82) is 0 Å². The molecule has 0 saturated carbocycles. The molecule has 1 aromatic heterocycles. The second kappa shape index (κ2) is 8.22. The van der Waals surface area contributed by atoms with Crippen molar-refractivity contribution in [2.75, 3.05) is 7.11 Å². The SMILES string of the molecule is COC(=O)C1=C(C)N=c2sc(=Cc3cccc(Cl)c3Cl)c(=O)n2C1c1ccccc1. The highest BCUT2D eigenvalue weighted by atomic mass is 35.5. The van der Waals surface area contributed by atoms with E-state index in [0.717, 1.165) is 5.56 Å². The Morgan fingerprint density at radius 3 is 2.60 bits per heavy atom. The average molecular weight is 459 g/mol. The molecule has 5 nitrogen and oxygen atoms in total. The van der Waals surface area contributed by atoms with Gasteiger partial charge in [-0.05, 0) is 30.2 Å². The van der Waals surface area contributed by atoms with E-state index in [1.807, 2.05) is 30.3 Å². The largest absolute Gasteiger partial charge is 0.466 e. The van der Waals surface area contributed by atoms with Crippen LogP contribution in [-0.2, 0) is 9.53 Å². The smallest absolute Gasteiger partial charge is 0.338 e. The Hall–Kier alpha value is -2.67. The summed E-state index contributed by atoms with van der Waals surface area (Å²) in [5, 5.41) is 0.778. The molecule has 2 aromatic carbocycles. The molecule has 0 radical (unpaired) electrons. The van der Waals surface area contributed by atoms with Crippen molar-refractivity contribution in [3.8, 4) is 0 Å². The van der Waals surface area contributed by atoms with Crippen molar-refractivity contribution in [3.05, 3.63) is 101 Å². The van der Waals surface area contributed by atoms with Crippen molar-refractivity contribution < 1.29 is 9.53 Å². The van der Waals surface area contributed by atoms with E-state index in [0.29, 0.717) is 36.2 Å². The van der Waals surface area contributed by atoms with Crippen LogP contribution in [0.4, 0.5) is 0 Å². The van der Waals surface area contributed by atoms with Gasteiger partial charge in [-0.1, -0.05) is 77.0 Å². The monoisotopic (exact) mass is 458 g/mol. The van der Waals surface area contributed by atoms with Crippen LogP contribution in [0.1, 0.15) is 24.1 Å². The van der Waals surface area contributed by atoms with E-state index in [9.17, 15) is 9.59 Å². The molecule has 0 aliphatic carbocycles. The fraction of sp³-hybridized carbons (Fsp3) is 0.136. The molecule has 0 saturated heterocycles. The van der Waals surface area contributed by atoms with Crippen LogP contribution in [0.5, 0.6) is 0 Å². The lowest BCUT2D eigenvalue weighted by Gasteiger charge is -2.24. The van der Waals surface area contributed by atoms with Crippen molar-refractivity contribution >= 4 is 46.6 Å². The van der Waals surface area contributed by atoms with Crippen LogP contribution in [-0.4, -0.2) is 17.6 Å². The number of benzene rings is 2. The number of methoxy groups -OCH3 is 1. The molecule has 152 valence electrons. The van der Waals surface area contributed by atoms with Gasteiger partial charge in [0.2, 0.25) is 0 Å². The summed E-state index contributed by atoms with van der Waals surface area (Å²) in [6, 6.07) is 14.0.